The van der Waals surface area contributed by atoms with E-state index in [0.717, 1.165) is 23.8 Å². The number of hydrogen-bond donors (Lipinski definition) is 1. The van der Waals surface area contributed by atoms with Gasteiger partial charge in [-0.3, -0.25) is 0 Å². The minimum atomic E-state index is 0.741. The van der Waals surface area contributed by atoms with Crippen LogP contribution in [0.15, 0.2) is 0 Å². The molecule has 1 heteroatoms. The van der Waals surface area contributed by atoms with E-state index in [4.69, 9.17) is 0 Å². The van der Waals surface area contributed by atoms with Gasteiger partial charge in [-0.25, -0.2) is 0 Å². The van der Waals surface area contributed by atoms with E-state index in [1.54, 1.807) is 0 Å². The Labute approximate surface area is 129 Å². The van der Waals surface area contributed by atoms with Crippen LogP contribution in [0.3, 0.4) is 0 Å². The third-order valence-electron chi connectivity index (χ3n) is 5.10. The monoisotopic (exact) mass is 283 g/mol. The molecule has 0 bridgehead atoms. The summed E-state index contributed by atoms with van der Waals surface area (Å²) in [6, 6.07) is 0.741. The molecule has 0 spiro atoms. The fourth-order valence-electron chi connectivity index (χ4n) is 3.52. The Morgan fingerprint density at radius 1 is 0.800 bits per heavy atom. The summed E-state index contributed by atoms with van der Waals surface area (Å²) in [5.74, 6) is 2.68. The molecule has 122 valence electrons. The van der Waals surface area contributed by atoms with Crippen molar-refractivity contribution in [2.75, 3.05) is 6.54 Å². The fourth-order valence-corrected chi connectivity index (χ4v) is 3.52. The molecule has 20 heavy (non-hydrogen) atoms. The molecule has 0 radical (unpaired) electrons. The molecule has 0 aliphatic heterocycles. The van der Waals surface area contributed by atoms with E-state index in [0.29, 0.717) is 0 Å². The Kier molecular flexibility index (Phi) is 12.7. The standard InChI is InChI=1S/C19H41N/c1-7-12-13-19(11-5)20-15-16(6)14-18(10-4)17(8-2)9-3/h16-20H,7-15H2,1-6H3. The maximum atomic E-state index is 3.81. The Balaban J connectivity index is 4.08. The molecule has 1 nitrogen and oxygen atoms in total. The lowest BCUT2D eigenvalue weighted by Gasteiger charge is -2.28. The second-order valence-corrected chi connectivity index (χ2v) is 6.74. The van der Waals surface area contributed by atoms with Crippen molar-refractivity contribution in [1.82, 2.24) is 5.32 Å². The fraction of sp³-hybridized carbons (Fsp3) is 1.00. The highest BCUT2D eigenvalue weighted by Gasteiger charge is 2.19. The van der Waals surface area contributed by atoms with Crippen LogP contribution in [0, 0.1) is 17.8 Å². The van der Waals surface area contributed by atoms with Crippen LogP contribution in [0.5, 0.6) is 0 Å². The lowest BCUT2D eigenvalue weighted by atomic mass is 9.80. The molecule has 0 saturated heterocycles. The summed E-state index contributed by atoms with van der Waals surface area (Å²) in [7, 11) is 0. The summed E-state index contributed by atoms with van der Waals surface area (Å²) in [4.78, 5) is 0. The molecule has 3 atom stereocenters. The van der Waals surface area contributed by atoms with Gasteiger partial charge in [0.05, 0.1) is 0 Å². The van der Waals surface area contributed by atoms with Crippen LogP contribution in [0.4, 0.5) is 0 Å². The molecular formula is C19H41N. The highest BCUT2D eigenvalue weighted by Crippen LogP contribution is 2.28. The third kappa shape index (κ3) is 8.29. The quantitative estimate of drug-likeness (QED) is 0.435. The Morgan fingerprint density at radius 2 is 1.40 bits per heavy atom. The van der Waals surface area contributed by atoms with Crippen LogP contribution in [0.1, 0.15) is 92.9 Å². The first-order valence-electron chi connectivity index (χ1n) is 9.35. The van der Waals surface area contributed by atoms with Crippen molar-refractivity contribution in [2.24, 2.45) is 17.8 Å². The van der Waals surface area contributed by atoms with E-state index in [1.165, 1.54) is 57.9 Å². The topological polar surface area (TPSA) is 12.0 Å². The maximum Gasteiger partial charge on any atom is 0.00645 e. The molecular weight excluding hydrogens is 242 g/mol. The van der Waals surface area contributed by atoms with Gasteiger partial charge in [-0.2, -0.15) is 0 Å². The molecule has 0 amide bonds. The van der Waals surface area contributed by atoms with Gasteiger partial charge < -0.3 is 5.32 Å². The smallest absolute Gasteiger partial charge is 0.00645 e. The van der Waals surface area contributed by atoms with Crippen molar-refractivity contribution in [3.63, 3.8) is 0 Å². The molecule has 0 aliphatic carbocycles. The molecule has 0 aromatic heterocycles. The average Bonchev–Trinajstić information content (AvgIpc) is 2.47. The first kappa shape index (κ1) is 20.0. The largest absolute Gasteiger partial charge is 0.314 e. The van der Waals surface area contributed by atoms with E-state index < -0.39 is 0 Å². The molecule has 0 aromatic rings. The summed E-state index contributed by atoms with van der Waals surface area (Å²) in [6.07, 6.45) is 10.8. The molecule has 0 heterocycles. The van der Waals surface area contributed by atoms with E-state index >= 15 is 0 Å². The third-order valence-corrected chi connectivity index (χ3v) is 5.10. The summed E-state index contributed by atoms with van der Waals surface area (Å²) >= 11 is 0. The van der Waals surface area contributed by atoms with Gasteiger partial charge in [-0.15, -0.1) is 0 Å². The highest BCUT2D eigenvalue weighted by molar-refractivity contribution is 4.73. The first-order valence-corrected chi connectivity index (χ1v) is 9.35. The van der Waals surface area contributed by atoms with Crippen LogP contribution < -0.4 is 5.32 Å². The van der Waals surface area contributed by atoms with Gasteiger partial charge >= 0.3 is 0 Å². The molecule has 0 saturated carbocycles. The van der Waals surface area contributed by atoms with Gasteiger partial charge in [-0.1, -0.05) is 73.6 Å². The maximum absolute atomic E-state index is 3.81. The molecule has 3 unspecified atom stereocenters. The Morgan fingerprint density at radius 3 is 1.85 bits per heavy atom. The van der Waals surface area contributed by atoms with Crippen LogP contribution in [0.25, 0.3) is 0 Å². The predicted molar refractivity (Wildman–Crippen MR) is 93.2 cm³/mol. The van der Waals surface area contributed by atoms with Crippen LogP contribution in [0.2, 0.25) is 0 Å². The zero-order valence-electron chi connectivity index (χ0n) is 15.2. The summed E-state index contributed by atoms with van der Waals surface area (Å²) < 4.78 is 0. The predicted octanol–water partition coefficient (Wildman–Crippen LogP) is 6.03. The SMILES string of the molecule is CCCCC(CC)NCC(C)CC(CC)C(CC)CC. The van der Waals surface area contributed by atoms with Crippen LogP contribution in [-0.4, -0.2) is 12.6 Å². The van der Waals surface area contributed by atoms with Crippen LogP contribution >= 0.6 is 0 Å². The van der Waals surface area contributed by atoms with Gasteiger partial charge in [0.2, 0.25) is 0 Å². The average molecular weight is 284 g/mol. The van der Waals surface area contributed by atoms with E-state index in [2.05, 4.69) is 46.9 Å². The Bertz CT molecular complexity index is 198. The first-order chi connectivity index (χ1) is 9.62. The second-order valence-electron chi connectivity index (χ2n) is 6.74. The lowest BCUT2D eigenvalue weighted by molar-refractivity contribution is 0.245. The van der Waals surface area contributed by atoms with E-state index in [9.17, 15) is 0 Å². The van der Waals surface area contributed by atoms with Gasteiger partial charge in [0.1, 0.15) is 0 Å². The van der Waals surface area contributed by atoms with Crippen molar-refractivity contribution >= 4 is 0 Å². The number of hydrogen-bond acceptors (Lipinski definition) is 1. The normalized spacial score (nSPS) is 16.4. The van der Waals surface area contributed by atoms with Crippen molar-refractivity contribution < 1.29 is 0 Å². The van der Waals surface area contributed by atoms with Crippen LogP contribution in [-0.2, 0) is 0 Å². The zero-order chi connectivity index (χ0) is 15.4. The molecule has 0 fully saturated rings. The molecule has 0 aliphatic rings. The minimum Gasteiger partial charge on any atom is -0.314 e. The highest BCUT2D eigenvalue weighted by atomic mass is 14.9. The Hall–Kier alpha value is -0.0400. The minimum absolute atomic E-state index is 0.741. The summed E-state index contributed by atoms with van der Waals surface area (Å²) in [5, 5.41) is 3.81. The van der Waals surface area contributed by atoms with E-state index in [1.807, 2.05) is 0 Å². The lowest BCUT2D eigenvalue weighted by Crippen LogP contribution is -2.33. The van der Waals surface area contributed by atoms with E-state index in [-0.39, 0.29) is 0 Å². The zero-order valence-corrected chi connectivity index (χ0v) is 15.2. The molecule has 1 N–H and O–H groups in total. The molecule has 0 rings (SSSR count). The van der Waals surface area contributed by atoms with Crippen molar-refractivity contribution in [2.45, 2.75) is 99.0 Å². The summed E-state index contributed by atoms with van der Waals surface area (Å²) in [6.45, 7) is 15.3. The van der Waals surface area contributed by atoms with Crippen molar-refractivity contribution in [3.8, 4) is 0 Å². The van der Waals surface area contributed by atoms with Gasteiger partial charge in [0.15, 0.2) is 0 Å². The van der Waals surface area contributed by atoms with Crippen molar-refractivity contribution in [1.29, 1.82) is 0 Å². The van der Waals surface area contributed by atoms with Gasteiger partial charge in [-0.05, 0) is 43.6 Å². The van der Waals surface area contributed by atoms with Gasteiger partial charge in [0, 0.05) is 6.04 Å². The summed E-state index contributed by atoms with van der Waals surface area (Å²) in [5.41, 5.74) is 0. The second kappa shape index (κ2) is 12.7. The molecule has 0 aromatic carbocycles. The number of nitrogens with one attached hydrogen (secondary N) is 1. The van der Waals surface area contributed by atoms with Gasteiger partial charge in [0.25, 0.3) is 0 Å². The van der Waals surface area contributed by atoms with Crippen molar-refractivity contribution in [3.05, 3.63) is 0 Å². The number of rotatable bonds is 13. The number of unbranched alkanes of at least 4 members (excludes halogenated alkanes) is 1.